The van der Waals surface area contributed by atoms with E-state index in [1.165, 1.54) is 6.07 Å². The molecule has 2 rings (SSSR count). The van der Waals surface area contributed by atoms with Crippen LogP contribution in [0.5, 0.6) is 0 Å². The third kappa shape index (κ3) is 2.49. The molecule has 0 radical (unpaired) electrons. The third-order valence-electron chi connectivity index (χ3n) is 2.66. The molecule has 0 aliphatic rings. The fourth-order valence-electron chi connectivity index (χ4n) is 1.67. The van der Waals surface area contributed by atoms with Crippen molar-refractivity contribution in [3.63, 3.8) is 0 Å². The lowest BCUT2D eigenvalue weighted by atomic mass is 10.0. The lowest BCUT2D eigenvalue weighted by Crippen LogP contribution is -2.15. The van der Waals surface area contributed by atoms with Gasteiger partial charge in [-0.05, 0) is 18.4 Å². The average Bonchev–Trinajstić information content (AvgIpc) is 2.49. The maximum absolute atomic E-state index is 14.0. The van der Waals surface area contributed by atoms with Crippen molar-refractivity contribution in [1.82, 2.24) is 9.97 Å². The van der Waals surface area contributed by atoms with Gasteiger partial charge in [-0.15, -0.1) is 0 Å². The number of nitrogens with zero attached hydrogens (tertiary/aromatic N) is 3. The normalized spacial score (nSPS) is 9.95. The molecule has 8 heteroatoms. The number of hydrogen-bond donors (Lipinski definition) is 1. The van der Waals surface area contributed by atoms with E-state index >= 15 is 0 Å². The van der Waals surface area contributed by atoms with Crippen molar-refractivity contribution in [3.05, 3.63) is 45.2 Å². The molecule has 21 heavy (non-hydrogen) atoms. The van der Waals surface area contributed by atoms with Crippen LogP contribution in [0.3, 0.4) is 0 Å². The molecule has 104 valence electrons. The summed E-state index contributed by atoms with van der Waals surface area (Å²) in [6.07, 6.45) is 1.63. The molecular formula is C13H6F2N4OS. The van der Waals surface area contributed by atoms with Gasteiger partial charge in [-0.2, -0.15) is 10.5 Å². The van der Waals surface area contributed by atoms with E-state index in [-0.39, 0.29) is 16.4 Å². The van der Waals surface area contributed by atoms with Gasteiger partial charge in [-0.3, -0.25) is 4.79 Å². The summed E-state index contributed by atoms with van der Waals surface area (Å²) in [5.41, 5.74) is -2.23. The number of nitrogens with one attached hydrogen (secondary N) is 1. The largest absolute Gasteiger partial charge is 0.300 e. The summed E-state index contributed by atoms with van der Waals surface area (Å²) in [6, 6.07) is 5.30. The fourth-order valence-corrected chi connectivity index (χ4v) is 2.04. The number of nitriles is 2. The van der Waals surface area contributed by atoms with Crippen molar-refractivity contribution in [2.75, 3.05) is 6.26 Å². The van der Waals surface area contributed by atoms with Crippen LogP contribution in [-0.2, 0) is 0 Å². The van der Waals surface area contributed by atoms with Crippen LogP contribution >= 0.6 is 11.8 Å². The maximum atomic E-state index is 14.0. The maximum Gasteiger partial charge on any atom is 0.270 e. The molecule has 1 aromatic carbocycles. The van der Waals surface area contributed by atoms with Crippen molar-refractivity contribution in [1.29, 1.82) is 10.5 Å². The van der Waals surface area contributed by atoms with Crippen molar-refractivity contribution in [2.24, 2.45) is 0 Å². The molecule has 0 saturated carbocycles. The summed E-state index contributed by atoms with van der Waals surface area (Å²) in [5.74, 6) is -2.66. The first-order chi connectivity index (χ1) is 10.0. The number of thioether (sulfide) groups is 1. The Kier molecular flexibility index (Phi) is 4.01. The molecule has 0 aliphatic carbocycles. The van der Waals surface area contributed by atoms with Crippen LogP contribution in [-0.4, -0.2) is 16.2 Å². The number of benzene rings is 1. The Hall–Kier alpha value is -2.71. The first-order valence-corrected chi connectivity index (χ1v) is 6.72. The predicted octanol–water partition coefficient (Wildman–Crippen LogP) is 2.18. The van der Waals surface area contributed by atoms with Crippen molar-refractivity contribution in [2.45, 2.75) is 5.16 Å². The van der Waals surface area contributed by atoms with Gasteiger partial charge in [0.15, 0.2) is 16.8 Å². The second-order valence-corrected chi connectivity index (χ2v) is 4.61. The molecule has 1 N–H and O–H groups in total. The summed E-state index contributed by atoms with van der Waals surface area (Å²) in [4.78, 5) is 18.0. The highest BCUT2D eigenvalue weighted by Gasteiger charge is 2.20. The van der Waals surface area contributed by atoms with Crippen LogP contribution in [0.25, 0.3) is 11.3 Å². The van der Waals surface area contributed by atoms with E-state index in [9.17, 15) is 13.6 Å². The van der Waals surface area contributed by atoms with E-state index in [2.05, 4.69) is 9.97 Å². The highest BCUT2D eigenvalue weighted by atomic mass is 32.2. The highest BCUT2D eigenvalue weighted by molar-refractivity contribution is 7.98. The van der Waals surface area contributed by atoms with Crippen molar-refractivity contribution >= 4 is 11.8 Å². The summed E-state index contributed by atoms with van der Waals surface area (Å²) in [6.45, 7) is 0. The van der Waals surface area contributed by atoms with E-state index in [0.717, 1.165) is 23.9 Å². The molecule has 0 unspecified atom stereocenters. The second-order valence-electron chi connectivity index (χ2n) is 3.81. The lowest BCUT2D eigenvalue weighted by Gasteiger charge is -2.07. The Labute approximate surface area is 121 Å². The number of H-pyrrole nitrogens is 1. The molecule has 1 aromatic heterocycles. The van der Waals surface area contributed by atoms with Crippen LogP contribution in [0.15, 0.2) is 22.1 Å². The van der Waals surface area contributed by atoms with E-state index < -0.39 is 28.3 Å². The first-order valence-electron chi connectivity index (χ1n) is 5.50. The Morgan fingerprint density at radius 2 is 1.95 bits per heavy atom. The van der Waals surface area contributed by atoms with Crippen LogP contribution < -0.4 is 5.56 Å². The van der Waals surface area contributed by atoms with Crippen LogP contribution in [0, 0.1) is 34.3 Å². The van der Waals surface area contributed by atoms with E-state index in [4.69, 9.17) is 10.5 Å². The van der Waals surface area contributed by atoms with Gasteiger partial charge in [0.1, 0.15) is 17.7 Å². The first kappa shape index (κ1) is 14.7. The van der Waals surface area contributed by atoms with E-state index in [1.54, 1.807) is 12.3 Å². The third-order valence-corrected chi connectivity index (χ3v) is 3.24. The molecule has 0 atom stereocenters. The second kappa shape index (κ2) is 5.73. The fraction of sp³-hybridized carbons (Fsp3) is 0.0769. The Morgan fingerprint density at radius 1 is 1.24 bits per heavy atom. The van der Waals surface area contributed by atoms with E-state index in [1.807, 2.05) is 0 Å². The molecule has 0 saturated heterocycles. The monoisotopic (exact) mass is 304 g/mol. The SMILES string of the molecule is CSc1nc(-c2ccc(C#N)c(F)c2F)c(C#N)c(=O)[nH]1. The topological polar surface area (TPSA) is 93.3 Å². The molecule has 2 aromatic rings. The standard InChI is InChI=1S/C13H6F2N4OS/c1-21-13-18-11(8(5-17)12(20)19-13)7-3-2-6(4-16)9(14)10(7)15/h2-3H,1H3,(H,18,19,20). The molecular weight excluding hydrogens is 298 g/mol. The zero-order valence-electron chi connectivity index (χ0n) is 10.6. The summed E-state index contributed by atoms with van der Waals surface area (Å²) in [7, 11) is 0. The predicted molar refractivity (Wildman–Crippen MR) is 71.4 cm³/mol. The number of halogens is 2. The van der Waals surface area contributed by atoms with Gasteiger partial charge in [0.25, 0.3) is 5.56 Å². The van der Waals surface area contributed by atoms with Gasteiger partial charge in [0, 0.05) is 5.56 Å². The number of hydrogen-bond acceptors (Lipinski definition) is 5. The highest BCUT2D eigenvalue weighted by Crippen LogP contribution is 2.27. The smallest absolute Gasteiger partial charge is 0.270 e. The van der Waals surface area contributed by atoms with Crippen molar-refractivity contribution in [3.8, 4) is 23.4 Å². The van der Waals surface area contributed by atoms with Crippen molar-refractivity contribution < 1.29 is 8.78 Å². The lowest BCUT2D eigenvalue weighted by molar-refractivity contribution is 0.508. The summed E-state index contributed by atoms with van der Waals surface area (Å²) < 4.78 is 27.7. The quantitative estimate of drug-likeness (QED) is 0.678. The zero-order chi connectivity index (χ0) is 15.6. The summed E-state index contributed by atoms with van der Waals surface area (Å²) in [5, 5.41) is 17.8. The minimum Gasteiger partial charge on any atom is -0.300 e. The van der Waals surface area contributed by atoms with Gasteiger partial charge in [0.2, 0.25) is 0 Å². The Balaban J connectivity index is 2.83. The van der Waals surface area contributed by atoms with Crippen LogP contribution in [0.2, 0.25) is 0 Å². The number of rotatable bonds is 2. The molecule has 0 amide bonds. The molecule has 5 nitrogen and oxygen atoms in total. The molecule has 0 bridgehead atoms. The molecule has 1 heterocycles. The minimum atomic E-state index is -1.34. The average molecular weight is 304 g/mol. The van der Waals surface area contributed by atoms with Gasteiger partial charge in [-0.25, -0.2) is 13.8 Å². The Morgan fingerprint density at radius 3 is 2.52 bits per heavy atom. The van der Waals surface area contributed by atoms with Crippen LogP contribution in [0.1, 0.15) is 11.1 Å². The molecule has 0 fully saturated rings. The molecule has 0 spiro atoms. The van der Waals surface area contributed by atoms with Gasteiger partial charge < -0.3 is 4.98 Å². The van der Waals surface area contributed by atoms with Gasteiger partial charge in [-0.1, -0.05) is 11.8 Å². The summed E-state index contributed by atoms with van der Waals surface area (Å²) >= 11 is 1.08. The van der Waals surface area contributed by atoms with E-state index in [0.29, 0.717) is 0 Å². The number of aromatic amines is 1. The zero-order valence-corrected chi connectivity index (χ0v) is 11.4. The minimum absolute atomic E-state index is 0.165. The molecule has 0 aliphatic heterocycles. The Bertz CT molecular complexity index is 864. The van der Waals surface area contributed by atoms with Gasteiger partial charge >= 0.3 is 0 Å². The van der Waals surface area contributed by atoms with Crippen LogP contribution in [0.4, 0.5) is 8.78 Å². The number of aromatic nitrogens is 2. The van der Waals surface area contributed by atoms with Gasteiger partial charge in [0.05, 0.1) is 11.3 Å².